The lowest BCUT2D eigenvalue weighted by Gasteiger charge is -2.23. The Balaban J connectivity index is 2.15. The van der Waals surface area contributed by atoms with Crippen LogP contribution in [0.25, 0.3) is 0 Å². The molecule has 5 heteroatoms. The van der Waals surface area contributed by atoms with Crippen molar-refractivity contribution in [1.29, 1.82) is 0 Å². The predicted octanol–water partition coefficient (Wildman–Crippen LogP) is 1.14. The van der Waals surface area contributed by atoms with Gasteiger partial charge in [-0.1, -0.05) is 0 Å². The predicted molar refractivity (Wildman–Crippen MR) is 68.7 cm³/mol. The molecule has 1 atom stereocenters. The molecule has 0 spiro atoms. The van der Waals surface area contributed by atoms with Crippen molar-refractivity contribution in [2.45, 2.75) is 12.5 Å². The van der Waals surface area contributed by atoms with Gasteiger partial charge in [-0.3, -0.25) is 4.79 Å². The van der Waals surface area contributed by atoms with E-state index >= 15 is 0 Å². The Hall–Kier alpha value is -1.75. The van der Waals surface area contributed by atoms with Crippen molar-refractivity contribution in [3.63, 3.8) is 0 Å². The van der Waals surface area contributed by atoms with Crippen molar-refractivity contribution >= 4 is 11.6 Å². The molecule has 1 aromatic rings. The maximum absolute atomic E-state index is 12.3. The lowest BCUT2D eigenvalue weighted by molar-refractivity contribution is 0.0711. The number of carbonyl (C=O) groups is 1. The van der Waals surface area contributed by atoms with E-state index in [-0.39, 0.29) is 11.9 Å². The third kappa shape index (κ3) is 2.41. The van der Waals surface area contributed by atoms with Crippen LogP contribution in [0.1, 0.15) is 16.8 Å². The molecule has 1 saturated heterocycles. The molecule has 0 bridgehead atoms. The van der Waals surface area contributed by atoms with E-state index < -0.39 is 0 Å². The smallest absolute Gasteiger partial charge is 0.254 e. The van der Waals surface area contributed by atoms with Gasteiger partial charge in [0.05, 0.1) is 25.4 Å². The number of methoxy groups -OCH3 is 1. The second kappa shape index (κ2) is 5.27. The molecule has 98 valence electrons. The average molecular weight is 250 g/mol. The quantitative estimate of drug-likeness (QED) is 0.817. The maximum atomic E-state index is 12.3. The molecule has 1 aliphatic heterocycles. The number of nitrogens with two attached hydrogens (primary N) is 1. The number of ether oxygens (including phenoxy) is 2. The summed E-state index contributed by atoms with van der Waals surface area (Å²) in [6, 6.07) is 5.24. The van der Waals surface area contributed by atoms with Gasteiger partial charge in [-0.05, 0) is 24.6 Å². The van der Waals surface area contributed by atoms with Gasteiger partial charge in [0.2, 0.25) is 0 Å². The van der Waals surface area contributed by atoms with Gasteiger partial charge >= 0.3 is 0 Å². The Morgan fingerprint density at radius 2 is 2.33 bits per heavy atom. The SMILES string of the molecule is COc1ccc(C(=O)N(C)C2CCOC2)cc1N. The monoisotopic (exact) mass is 250 g/mol. The molecule has 0 radical (unpaired) electrons. The number of hydrogen-bond donors (Lipinski definition) is 1. The summed E-state index contributed by atoms with van der Waals surface area (Å²) in [6.07, 6.45) is 0.883. The summed E-state index contributed by atoms with van der Waals surface area (Å²) in [5, 5.41) is 0. The number of likely N-dealkylation sites (N-methyl/N-ethyl adjacent to an activating group) is 1. The summed E-state index contributed by atoms with van der Waals surface area (Å²) in [5.41, 5.74) is 6.85. The number of benzene rings is 1. The van der Waals surface area contributed by atoms with Crippen LogP contribution in [0.2, 0.25) is 0 Å². The minimum Gasteiger partial charge on any atom is -0.495 e. The Bertz CT molecular complexity index is 442. The van der Waals surface area contributed by atoms with Crippen LogP contribution >= 0.6 is 0 Å². The highest BCUT2D eigenvalue weighted by atomic mass is 16.5. The lowest BCUT2D eigenvalue weighted by atomic mass is 10.1. The van der Waals surface area contributed by atoms with E-state index in [2.05, 4.69) is 0 Å². The topological polar surface area (TPSA) is 64.8 Å². The third-order valence-electron chi connectivity index (χ3n) is 3.25. The van der Waals surface area contributed by atoms with Gasteiger partial charge in [-0.25, -0.2) is 0 Å². The van der Waals surface area contributed by atoms with E-state index in [4.69, 9.17) is 15.2 Å². The van der Waals surface area contributed by atoms with E-state index in [1.807, 2.05) is 0 Å². The van der Waals surface area contributed by atoms with E-state index in [0.29, 0.717) is 30.2 Å². The highest BCUT2D eigenvalue weighted by Crippen LogP contribution is 2.23. The van der Waals surface area contributed by atoms with Crippen molar-refractivity contribution in [1.82, 2.24) is 4.90 Å². The first-order valence-corrected chi connectivity index (χ1v) is 5.92. The first kappa shape index (κ1) is 12.7. The zero-order valence-corrected chi connectivity index (χ0v) is 10.7. The summed E-state index contributed by atoms with van der Waals surface area (Å²) < 4.78 is 10.4. The Labute approximate surface area is 106 Å². The lowest BCUT2D eigenvalue weighted by Crippen LogP contribution is -2.37. The van der Waals surface area contributed by atoms with Crippen LogP contribution in [0.15, 0.2) is 18.2 Å². The molecule has 1 fully saturated rings. The highest BCUT2D eigenvalue weighted by molar-refractivity contribution is 5.95. The fourth-order valence-electron chi connectivity index (χ4n) is 2.06. The number of hydrogen-bond acceptors (Lipinski definition) is 4. The zero-order valence-electron chi connectivity index (χ0n) is 10.7. The Morgan fingerprint density at radius 1 is 1.56 bits per heavy atom. The molecular weight excluding hydrogens is 232 g/mol. The van der Waals surface area contributed by atoms with Gasteiger partial charge in [0.1, 0.15) is 5.75 Å². The number of nitrogen functional groups attached to an aromatic ring is 1. The Morgan fingerprint density at radius 3 is 2.89 bits per heavy atom. The van der Waals surface area contributed by atoms with Crippen LogP contribution in [0.4, 0.5) is 5.69 Å². The Kier molecular flexibility index (Phi) is 3.72. The number of amides is 1. The molecule has 1 aromatic carbocycles. The molecular formula is C13H18N2O3. The molecule has 0 saturated carbocycles. The zero-order chi connectivity index (χ0) is 13.1. The van der Waals surface area contributed by atoms with Gasteiger partial charge in [0.15, 0.2) is 0 Å². The fourth-order valence-corrected chi connectivity index (χ4v) is 2.06. The van der Waals surface area contributed by atoms with Gasteiger partial charge < -0.3 is 20.1 Å². The van der Waals surface area contributed by atoms with Gasteiger partial charge in [-0.15, -0.1) is 0 Å². The molecule has 1 amide bonds. The first-order valence-electron chi connectivity index (χ1n) is 5.92. The molecule has 2 rings (SSSR count). The minimum absolute atomic E-state index is 0.0418. The largest absolute Gasteiger partial charge is 0.495 e. The molecule has 1 unspecified atom stereocenters. The van der Waals surface area contributed by atoms with Crippen LogP contribution in [-0.4, -0.2) is 44.2 Å². The molecule has 0 aliphatic carbocycles. The highest BCUT2D eigenvalue weighted by Gasteiger charge is 2.25. The third-order valence-corrected chi connectivity index (χ3v) is 3.25. The van der Waals surface area contributed by atoms with Crippen LogP contribution in [0.5, 0.6) is 5.75 Å². The van der Waals surface area contributed by atoms with Crippen LogP contribution in [0, 0.1) is 0 Å². The van der Waals surface area contributed by atoms with Crippen LogP contribution in [-0.2, 0) is 4.74 Å². The number of carbonyl (C=O) groups excluding carboxylic acids is 1. The van der Waals surface area contributed by atoms with Gasteiger partial charge in [0.25, 0.3) is 5.91 Å². The van der Waals surface area contributed by atoms with E-state index in [9.17, 15) is 4.79 Å². The van der Waals surface area contributed by atoms with Crippen LogP contribution < -0.4 is 10.5 Å². The van der Waals surface area contributed by atoms with Gasteiger partial charge in [-0.2, -0.15) is 0 Å². The average Bonchev–Trinajstić information content (AvgIpc) is 2.90. The molecule has 5 nitrogen and oxygen atoms in total. The van der Waals surface area contributed by atoms with Crippen molar-refractivity contribution in [2.75, 3.05) is 33.1 Å². The number of rotatable bonds is 3. The van der Waals surface area contributed by atoms with E-state index in [1.165, 1.54) is 0 Å². The number of anilines is 1. The molecule has 0 aromatic heterocycles. The normalized spacial score (nSPS) is 18.7. The van der Waals surface area contributed by atoms with Crippen LogP contribution in [0.3, 0.4) is 0 Å². The standard InChI is InChI=1S/C13H18N2O3/c1-15(10-5-6-18-8-10)13(16)9-3-4-12(17-2)11(14)7-9/h3-4,7,10H,5-6,8,14H2,1-2H3. The minimum atomic E-state index is -0.0418. The van der Waals surface area contributed by atoms with E-state index in [1.54, 1.807) is 37.3 Å². The van der Waals surface area contributed by atoms with E-state index in [0.717, 1.165) is 6.42 Å². The summed E-state index contributed by atoms with van der Waals surface area (Å²) in [4.78, 5) is 14.0. The summed E-state index contributed by atoms with van der Waals surface area (Å²) in [6.45, 7) is 1.32. The second-order valence-corrected chi connectivity index (χ2v) is 4.39. The van der Waals surface area contributed by atoms with Gasteiger partial charge in [0, 0.05) is 19.2 Å². The molecule has 1 heterocycles. The summed E-state index contributed by atoms with van der Waals surface area (Å²) in [7, 11) is 3.34. The molecule has 2 N–H and O–H groups in total. The first-order chi connectivity index (χ1) is 8.63. The molecule has 18 heavy (non-hydrogen) atoms. The summed E-state index contributed by atoms with van der Waals surface area (Å²) in [5.74, 6) is 0.540. The van der Waals surface area contributed by atoms with Crippen molar-refractivity contribution in [3.05, 3.63) is 23.8 Å². The van der Waals surface area contributed by atoms with Crippen molar-refractivity contribution in [3.8, 4) is 5.75 Å². The van der Waals surface area contributed by atoms with Crippen molar-refractivity contribution in [2.24, 2.45) is 0 Å². The fraction of sp³-hybridized carbons (Fsp3) is 0.462. The van der Waals surface area contributed by atoms with Crippen molar-refractivity contribution < 1.29 is 14.3 Å². The maximum Gasteiger partial charge on any atom is 0.254 e. The summed E-state index contributed by atoms with van der Waals surface area (Å²) >= 11 is 0. The second-order valence-electron chi connectivity index (χ2n) is 4.39. The number of nitrogens with zero attached hydrogens (tertiary/aromatic N) is 1. The molecule has 1 aliphatic rings.